The van der Waals surface area contributed by atoms with Gasteiger partial charge >= 0.3 is 0 Å². The first-order valence-electron chi connectivity index (χ1n) is 46.2. The molecule has 8 aromatic carbocycles. The van der Waals surface area contributed by atoms with Gasteiger partial charge in [0.15, 0.2) is 24.8 Å². The van der Waals surface area contributed by atoms with Gasteiger partial charge in [-0.2, -0.15) is 0 Å². The van der Waals surface area contributed by atoms with Crippen LogP contribution >= 0.6 is 0 Å². The summed E-state index contributed by atoms with van der Waals surface area (Å²) in [5, 5.41) is 0. The second-order valence-electron chi connectivity index (χ2n) is 39.5. The van der Waals surface area contributed by atoms with E-state index in [-0.39, 0.29) is 0 Å². The summed E-state index contributed by atoms with van der Waals surface area (Å²) in [4.78, 5) is 0. The number of rotatable bonds is 14. The molecular formula is C115H138N4+4. The molecule has 6 aliphatic carbocycles. The molecule has 2 spiro atoms. The Bertz CT molecular complexity index is 5330. The lowest BCUT2D eigenvalue weighted by molar-refractivity contribution is -0.660. The third kappa shape index (κ3) is 21.0. The van der Waals surface area contributed by atoms with Crippen molar-refractivity contribution < 1.29 is 18.3 Å². The fraction of sp³-hybridized carbons (Fsp3) is 0.409. The topological polar surface area (TPSA) is 15.5 Å². The lowest BCUT2D eigenvalue weighted by Crippen LogP contribution is -2.30. The summed E-state index contributed by atoms with van der Waals surface area (Å²) >= 11 is 0. The van der Waals surface area contributed by atoms with Gasteiger partial charge in [0.25, 0.3) is 0 Å². The Kier molecular flexibility index (Phi) is 26.9. The van der Waals surface area contributed by atoms with Gasteiger partial charge < -0.3 is 0 Å². The van der Waals surface area contributed by atoms with Crippen molar-refractivity contribution in [3.8, 4) is 89.5 Å². The Morgan fingerprint density at radius 1 is 0.252 bits per heavy atom. The first kappa shape index (κ1) is 84.4. The standard InChI is InChI=1S/C31H38N.C29H34N.C28H34N.C27H32N/c1-24-8-4-5-9-29(24)30-23-28(16-21-32(30)2)27-12-10-25(11-13-27)22-26-14-19-31(20-15-26)17-6-3-7-18-31;1-22-7-3-4-8-27(22)28-21-26(15-20-30(28)2)24-11-9-23(10-12-24)25-13-18-29(19-14-25)16-5-6-17-29;1-21-7-5-6-8-26(21)27-20-25(15-18-29(27)4)24-11-9-22(10-12-24)19-23-13-16-28(2,3)17-14-23;1-20-7-5-6-8-25(20)26-19-24(15-18-28(26)4)22-11-9-21(10-12-22)23-13-16-27(2,3)17-14-23/h4-5,8-13,16,21,23,26H,3,6-7,14-15,17-20,22H2,1-2H3;3-4,7-12,15,20-21,25H,5-6,13-14,16-19H2,1-2H3;5-12,15,18,20,23H,13-14,16-17,19H2,1-4H3;5-12,15,18-19,23H,13-14,16-17H2,1-4H3/q4*+1. The monoisotopic (exact) mass is 1580 g/mol. The van der Waals surface area contributed by atoms with E-state index in [1.54, 1.807) is 5.56 Å². The summed E-state index contributed by atoms with van der Waals surface area (Å²) in [7, 11) is 8.52. The molecule has 12 aromatic rings. The van der Waals surface area contributed by atoms with E-state index in [1.165, 1.54) is 302 Å². The van der Waals surface area contributed by atoms with E-state index in [0.717, 1.165) is 34.5 Å². The lowest BCUT2D eigenvalue weighted by atomic mass is 9.63. The van der Waals surface area contributed by atoms with Gasteiger partial charge in [-0.15, -0.1) is 0 Å². The lowest BCUT2D eigenvalue weighted by Gasteiger charge is -2.43. The number of aromatic nitrogens is 4. The highest BCUT2D eigenvalue weighted by atomic mass is 14.9. The van der Waals surface area contributed by atoms with Crippen LogP contribution in [0, 0.1) is 61.2 Å². The largest absolute Gasteiger partial charge is 0.213 e. The second kappa shape index (κ2) is 38.0. The molecule has 0 amide bonds. The number of hydrogen-bond acceptors (Lipinski definition) is 0. The van der Waals surface area contributed by atoms with E-state index in [0.29, 0.717) is 10.8 Å². The average molecular weight is 1580 g/mol. The van der Waals surface area contributed by atoms with Gasteiger partial charge in [0, 0.05) is 70.8 Å². The average Bonchev–Trinajstić information content (AvgIpc) is 1.29. The molecule has 119 heavy (non-hydrogen) atoms. The van der Waals surface area contributed by atoms with Gasteiger partial charge in [0.1, 0.15) is 28.2 Å². The summed E-state index contributed by atoms with van der Waals surface area (Å²) in [6.07, 6.45) is 47.0. The SMILES string of the molecule is Cc1ccccc1-c1cc(-c2ccc(C3CCC(C)(C)CC3)cc2)cc[n+]1C.Cc1ccccc1-c1cc(-c2ccc(C3CCC4(CCCC4)CC3)cc2)cc[n+]1C.Cc1ccccc1-c1cc(-c2ccc(CC3CCC(C)(C)CC3)cc2)cc[n+]1C.Cc1ccccc1-c1cc(-c2ccc(CC3CCC4(CCCCC4)CC3)cc2)cc[n+]1C. The van der Waals surface area contributed by atoms with Crippen molar-refractivity contribution in [3.05, 3.63) is 312 Å². The van der Waals surface area contributed by atoms with E-state index >= 15 is 0 Å². The summed E-state index contributed by atoms with van der Waals surface area (Å²) in [5.74, 6) is 3.24. The number of aryl methyl sites for hydroxylation is 8. The smallest absolute Gasteiger partial charge is 0.201 e. The van der Waals surface area contributed by atoms with Crippen molar-refractivity contribution >= 4 is 0 Å². The van der Waals surface area contributed by atoms with E-state index in [9.17, 15) is 0 Å². The third-order valence-electron chi connectivity index (χ3n) is 29.9. The maximum atomic E-state index is 2.42. The molecule has 0 aliphatic heterocycles. The molecule has 0 saturated heterocycles. The zero-order chi connectivity index (χ0) is 82.7. The van der Waals surface area contributed by atoms with Crippen LogP contribution in [-0.4, -0.2) is 0 Å². The fourth-order valence-electron chi connectivity index (χ4n) is 21.6. The Hall–Kier alpha value is -9.64. The van der Waals surface area contributed by atoms with Gasteiger partial charge in [-0.05, 0) is 328 Å². The van der Waals surface area contributed by atoms with Crippen LogP contribution < -0.4 is 18.3 Å². The Morgan fingerprint density at radius 2 is 0.496 bits per heavy atom. The molecule has 0 bridgehead atoms. The third-order valence-corrected chi connectivity index (χ3v) is 29.9. The first-order chi connectivity index (χ1) is 57.6. The van der Waals surface area contributed by atoms with Crippen LogP contribution in [0.5, 0.6) is 0 Å². The van der Waals surface area contributed by atoms with E-state index in [2.05, 4.69) is 369 Å². The second-order valence-corrected chi connectivity index (χ2v) is 39.5. The maximum Gasteiger partial charge on any atom is 0.213 e. The Labute approximate surface area is 717 Å². The van der Waals surface area contributed by atoms with Crippen LogP contribution in [0.4, 0.5) is 0 Å². The zero-order valence-electron chi connectivity index (χ0n) is 74.6. The summed E-state index contributed by atoms with van der Waals surface area (Å²) in [5.41, 5.74) is 34.5. The molecule has 4 heterocycles. The molecule has 4 aromatic heterocycles. The molecule has 4 heteroatoms. The van der Waals surface area contributed by atoms with Gasteiger partial charge in [-0.25, -0.2) is 18.3 Å². The Balaban J connectivity index is 0.000000124. The summed E-state index contributed by atoms with van der Waals surface area (Å²) in [6, 6.07) is 90.3. The van der Waals surface area contributed by atoms with E-state index in [1.807, 2.05) is 0 Å². The molecule has 0 N–H and O–H groups in total. The summed E-state index contributed by atoms with van der Waals surface area (Å²) in [6.45, 7) is 18.4. The molecule has 614 valence electrons. The minimum absolute atomic E-state index is 0.530. The molecule has 6 saturated carbocycles. The van der Waals surface area contributed by atoms with Crippen LogP contribution in [0.15, 0.2) is 267 Å². The number of benzene rings is 8. The zero-order valence-corrected chi connectivity index (χ0v) is 74.6. The predicted octanol–water partition coefficient (Wildman–Crippen LogP) is 29.0. The highest BCUT2D eigenvalue weighted by Gasteiger charge is 2.39. The van der Waals surface area contributed by atoms with Crippen molar-refractivity contribution in [3.63, 3.8) is 0 Å². The molecule has 4 nitrogen and oxygen atoms in total. The van der Waals surface area contributed by atoms with Gasteiger partial charge in [-0.3, -0.25) is 0 Å². The van der Waals surface area contributed by atoms with Crippen molar-refractivity contribution in [2.75, 3.05) is 0 Å². The minimum Gasteiger partial charge on any atom is -0.201 e. The molecule has 0 radical (unpaired) electrons. The van der Waals surface area contributed by atoms with Gasteiger partial charge in [0.05, 0.1) is 0 Å². The van der Waals surface area contributed by atoms with E-state index < -0.39 is 0 Å². The molecular weight excluding hydrogens is 1440 g/mol. The van der Waals surface area contributed by atoms with Crippen LogP contribution in [0.25, 0.3) is 89.5 Å². The molecule has 0 atom stereocenters. The van der Waals surface area contributed by atoms with Gasteiger partial charge in [-0.1, -0.05) is 230 Å². The predicted molar refractivity (Wildman–Crippen MR) is 501 cm³/mol. The molecule has 6 fully saturated rings. The number of pyridine rings is 4. The highest BCUT2D eigenvalue weighted by Crippen LogP contribution is 2.53. The van der Waals surface area contributed by atoms with Crippen LogP contribution in [0.3, 0.4) is 0 Å². The van der Waals surface area contributed by atoms with Crippen LogP contribution in [0.2, 0.25) is 0 Å². The van der Waals surface area contributed by atoms with Crippen molar-refractivity contribution in [1.82, 2.24) is 0 Å². The van der Waals surface area contributed by atoms with Crippen molar-refractivity contribution in [1.29, 1.82) is 0 Å². The number of hydrogen-bond donors (Lipinski definition) is 0. The molecule has 0 unspecified atom stereocenters. The van der Waals surface area contributed by atoms with E-state index in [4.69, 9.17) is 0 Å². The first-order valence-corrected chi connectivity index (χ1v) is 46.2. The minimum atomic E-state index is 0.530. The van der Waals surface area contributed by atoms with Crippen molar-refractivity contribution in [2.45, 2.75) is 241 Å². The summed E-state index contributed by atoms with van der Waals surface area (Å²) < 4.78 is 8.87. The molecule has 18 rings (SSSR count). The normalized spacial score (nSPS) is 17.8. The van der Waals surface area contributed by atoms with Gasteiger partial charge in [0.2, 0.25) is 22.8 Å². The quantitative estimate of drug-likeness (QED) is 0.0965. The fourth-order valence-corrected chi connectivity index (χ4v) is 21.6. The van der Waals surface area contributed by atoms with Crippen LogP contribution in [-0.2, 0) is 41.0 Å². The molecule has 6 aliphatic rings. The Morgan fingerprint density at radius 3 is 0.790 bits per heavy atom. The van der Waals surface area contributed by atoms with Crippen LogP contribution in [0.1, 0.15) is 245 Å². The van der Waals surface area contributed by atoms with Crippen molar-refractivity contribution in [2.24, 2.45) is 61.7 Å². The highest BCUT2D eigenvalue weighted by molar-refractivity contribution is 5.74. The maximum absolute atomic E-state index is 2.42. The number of nitrogens with zero attached hydrogens (tertiary/aromatic N) is 4.